The lowest BCUT2D eigenvalue weighted by molar-refractivity contribution is 0.0698. The second-order valence-corrected chi connectivity index (χ2v) is 6.61. The Kier molecular flexibility index (Phi) is 4.41. The van der Waals surface area contributed by atoms with Crippen molar-refractivity contribution in [3.05, 3.63) is 58.1 Å². The number of sulfonamides is 1. The highest BCUT2D eigenvalue weighted by molar-refractivity contribution is 7.92. The van der Waals surface area contributed by atoms with E-state index >= 15 is 0 Å². The minimum Gasteiger partial charge on any atom is -0.478 e. The smallest absolute Gasteiger partial charge is 0.337 e. The number of halogens is 2. The summed E-state index contributed by atoms with van der Waals surface area (Å²) in [7, 11) is -3.95. The Labute approximate surface area is 131 Å². The van der Waals surface area contributed by atoms with Gasteiger partial charge in [0.25, 0.3) is 10.0 Å². The first-order chi connectivity index (χ1) is 9.79. The number of rotatable bonds is 4. The highest BCUT2D eigenvalue weighted by Gasteiger charge is 2.19. The van der Waals surface area contributed by atoms with E-state index in [0.29, 0.717) is 0 Å². The maximum atomic E-state index is 12.2. The molecule has 0 bridgehead atoms. The van der Waals surface area contributed by atoms with Crippen LogP contribution >= 0.6 is 23.2 Å². The van der Waals surface area contributed by atoms with Crippen LogP contribution in [0.25, 0.3) is 0 Å². The first-order valence-corrected chi connectivity index (χ1v) is 7.85. The number of anilines is 1. The summed E-state index contributed by atoms with van der Waals surface area (Å²) in [5.74, 6) is -1.29. The van der Waals surface area contributed by atoms with Gasteiger partial charge < -0.3 is 5.11 Å². The third-order valence-corrected chi connectivity index (χ3v) is 4.40. The monoisotopic (exact) mass is 345 g/mol. The molecule has 2 aromatic rings. The van der Waals surface area contributed by atoms with Gasteiger partial charge in [0.05, 0.1) is 16.1 Å². The Bertz CT molecular complexity index is 806. The summed E-state index contributed by atoms with van der Waals surface area (Å²) >= 11 is 11.5. The number of carboxylic acid groups (broad SMARTS) is 1. The number of carboxylic acids is 1. The van der Waals surface area contributed by atoms with Crippen molar-refractivity contribution in [3.63, 3.8) is 0 Å². The molecule has 21 heavy (non-hydrogen) atoms. The Morgan fingerprint density at radius 3 is 2.33 bits per heavy atom. The summed E-state index contributed by atoms with van der Waals surface area (Å²) in [6, 6.07) is 9.48. The average molecular weight is 346 g/mol. The molecule has 0 aliphatic heterocycles. The highest BCUT2D eigenvalue weighted by atomic mass is 35.5. The molecule has 0 aliphatic rings. The van der Waals surface area contributed by atoms with Crippen molar-refractivity contribution in [1.82, 2.24) is 0 Å². The van der Waals surface area contributed by atoms with Crippen LogP contribution in [-0.2, 0) is 10.0 Å². The van der Waals surface area contributed by atoms with Crippen LogP contribution in [0.4, 0.5) is 5.69 Å². The molecule has 2 rings (SSSR count). The number of hydrogen-bond acceptors (Lipinski definition) is 3. The van der Waals surface area contributed by atoms with E-state index in [-0.39, 0.29) is 26.2 Å². The van der Waals surface area contributed by atoms with Gasteiger partial charge in [-0.25, -0.2) is 13.2 Å². The Morgan fingerprint density at radius 1 is 1.05 bits per heavy atom. The van der Waals surface area contributed by atoms with E-state index in [1.54, 1.807) is 0 Å². The van der Waals surface area contributed by atoms with Crippen molar-refractivity contribution < 1.29 is 18.3 Å². The van der Waals surface area contributed by atoms with E-state index in [2.05, 4.69) is 4.72 Å². The maximum Gasteiger partial charge on any atom is 0.337 e. The first-order valence-electron chi connectivity index (χ1n) is 5.61. The quantitative estimate of drug-likeness (QED) is 0.888. The predicted octanol–water partition coefficient (Wildman–Crippen LogP) is 3.49. The zero-order valence-corrected chi connectivity index (χ0v) is 12.7. The van der Waals surface area contributed by atoms with Gasteiger partial charge in [-0.2, -0.15) is 0 Å². The molecule has 2 N–H and O–H groups in total. The van der Waals surface area contributed by atoms with Gasteiger partial charge in [0.15, 0.2) is 0 Å². The van der Waals surface area contributed by atoms with E-state index in [4.69, 9.17) is 28.3 Å². The van der Waals surface area contributed by atoms with Gasteiger partial charge in [-0.1, -0.05) is 29.3 Å². The second-order valence-electron chi connectivity index (χ2n) is 4.06. The molecule has 0 unspecified atom stereocenters. The van der Waals surface area contributed by atoms with Crippen molar-refractivity contribution >= 4 is 44.9 Å². The summed E-state index contributed by atoms with van der Waals surface area (Å²) in [6.45, 7) is 0. The molecule has 0 aliphatic carbocycles. The Balaban J connectivity index is 2.44. The van der Waals surface area contributed by atoms with Crippen LogP contribution in [0, 0.1) is 0 Å². The predicted molar refractivity (Wildman–Crippen MR) is 80.7 cm³/mol. The maximum absolute atomic E-state index is 12.2. The highest BCUT2D eigenvalue weighted by Crippen LogP contribution is 2.24. The third-order valence-electron chi connectivity index (χ3n) is 2.56. The van der Waals surface area contributed by atoms with Gasteiger partial charge in [0.2, 0.25) is 0 Å². The molecule has 0 aromatic heterocycles. The van der Waals surface area contributed by atoms with Crippen molar-refractivity contribution in [2.24, 2.45) is 0 Å². The van der Waals surface area contributed by atoms with Crippen LogP contribution in [-0.4, -0.2) is 19.5 Å². The fraction of sp³-hybridized carbons (Fsp3) is 0. The van der Waals surface area contributed by atoms with E-state index in [1.165, 1.54) is 42.5 Å². The Hall–Kier alpha value is -1.76. The molecule has 0 saturated heterocycles. The molecule has 0 atom stereocenters. The molecule has 0 spiro atoms. The molecule has 0 saturated carbocycles. The molecule has 5 nitrogen and oxygen atoms in total. The number of nitrogens with one attached hydrogen (secondary N) is 1. The zero-order valence-electron chi connectivity index (χ0n) is 10.4. The van der Waals surface area contributed by atoms with E-state index in [1.807, 2.05) is 0 Å². The number of carbonyl (C=O) groups is 1. The number of aromatic carboxylic acids is 1. The van der Waals surface area contributed by atoms with Crippen molar-refractivity contribution in [2.75, 3.05) is 4.72 Å². The topological polar surface area (TPSA) is 83.5 Å². The van der Waals surface area contributed by atoms with Gasteiger partial charge in [-0.05, 0) is 36.4 Å². The molecule has 0 fully saturated rings. The minimum atomic E-state index is -3.95. The van der Waals surface area contributed by atoms with Crippen molar-refractivity contribution in [3.8, 4) is 0 Å². The van der Waals surface area contributed by atoms with Crippen LogP contribution < -0.4 is 4.72 Å². The zero-order chi connectivity index (χ0) is 15.6. The summed E-state index contributed by atoms with van der Waals surface area (Å²) in [5, 5.41) is 9.54. The molecule has 0 amide bonds. The molecule has 8 heteroatoms. The fourth-order valence-corrected chi connectivity index (χ4v) is 3.17. The van der Waals surface area contributed by atoms with E-state index < -0.39 is 16.0 Å². The minimum absolute atomic E-state index is 0.0683. The van der Waals surface area contributed by atoms with E-state index in [0.717, 1.165) is 0 Å². The molecule has 110 valence electrons. The van der Waals surface area contributed by atoms with E-state index in [9.17, 15) is 13.2 Å². The number of hydrogen-bond donors (Lipinski definition) is 2. The van der Waals surface area contributed by atoms with Crippen molar-refractivity contribution in [2.45, 2.75) is 4.90 Å². The lowest BCUT2D eigenvalue weighted by Gasteiger charge is -2.11. The van der Waals surface area contributed by atoms with Crippen LogP contribution in [0.15, 0.2) is 47.4 Å². The molecule has 0 radical (unpaired) electrons. The van der Waals surface area contributed by atoms with Gasteiger partial charge in [0, 0.05) is 10.0 Å². The molecular weight excluding hydrogens is 337 g/mol. The SMILES string of the molecule is O=C(O)c1cc(Cl)ccc1NS(=O)(=O)c1cccc(Cl)c1. The largest absolute Gasteiger partial charge is 0.478 e. The lowest BCUT2D eigenvalue weighted by atomic mass is 10.2. The number of benzene rings is 2. The van der Waals surface area contributed by atoms with Crippen LogP contribution in [0.1, 0.15) is 10.4 Å². The van der Waals surface area contributed by atoms with Crippen LogP contribution in [0.5, 0.6) is 0 Å². The lowest BCUT2D eigenvalue weighted by Crippen LogP contribution is -2.15. The summed E-state index contributed by atoms with van der Waals surface area (Å²) < 4.78 is 26.6. The van der Waals surface area contributed by atoms with Gasteiger partial charge in [-0.3, -0.25) is 4.72 Å². The molecular formula is C13H9Cl2NO4S. The summed E-state index contributed by atoms with van der Waals surface area (Å²) in [4.78, 5) is 11.1. The molecule has 0 heterocycles. The standard InChI is InChI=1S/C13H9Cl2NO4S/c14-8-2-1-3-10(6-8)21(19,20)16-12-5-4-9(15)7-11(12)13(17)18/h1-7,16H,(H,17,18). The molecule has 2 aromatic carbocycles. The second kappa shape index (κ2) is 5.93. The first kappa shape index (κ1) is 15.6. The van der Waals surface area contributed by atoms with Gasteiger partial charge in [-0.15, -0.1) is 0 Å². The Morgan fingerprint density at radius 2 is 1.71 bits per heavy atom. The van der Waals surface area contributed by atoms with Gasteiger partial charge in [0.1, 0.15) is 0 Å². The normalized spacial score (nSPS) is 11.1. The van der Waals surface area contributed by atoms with Crippen molar-refractivity contribution in [1.29, 1.82) is 0 Å². The van der Waals surface area contributed by atoms with Crippen LogP contribution in [0.3, 0.4) is 0 Å². The fourth-order valence-electron chi connectivity index (χ4n) is 1.62. The van der Waals surface area contributed by atoms with Gasteiger partial charge >= 0.3 is 5.97 Å². The van der Waals surface area contributed by atoms with Crippen LogP contribution in [0.2, 0.25) is 10.0 Å². The third kappa shape index (κ3) is 3.66. The summed E-state index contributed by atoms with van der Waals surface area (Å²) in [6.07, 6.45) is 0. The average Bonchev–Trinajstić information content (AvgIpc) is 2.40. The summed E-state index contributed by atoms with van der Waals surface area (Å²) in [5.41, 5.74) is -0.319.